The zero-order valence-corrected chi connectivity index (χ0v) is 15.9. The molecule has 1 saturated carbocycles. The highest BCUT2D eigenvalue weighted by Crippen LogP contribution is 2.32. The van der Waals surface area contributed by atoms with Crippen LogP contribution in [0, 0.1) is 5.92 Å². The molecule has 4 nitrogen and oxygen atoms in total. The van der Waals surface area contributed by atoms with E-state index in [1.807, 2.05) is 20.8 Å². The van der Waals surface area contributed by atoms with E-state index in [0.29, 0.717) is 12.0 Å². The van der Waals surface area contributed by atoms with Crippen LogP contribution in [0.2, 0.25) is 0 Å². The third-order valence-electron chi connectivity index (χ3n) is 4.32. The number of alkyl carbamates (subject to hydrolysis) is 1. The van der Waals surface area contributed by atoms with Crippen molar-refractivity contribution in [3.05, 3.63) is 0 Å². The summed E-state index contributed by atoms with van der Waals surface area (Å²) in [6.45, 7) is 11.0. The molecular formula is C19H38N2O2. The Kier molecular flexibility index (Phi) is 8.96. The predicted octanol–water partition coefficient (Wildman–Crippen LogP) is 4.63. The van der Waals surface area contributed by atoms with Gasteiger partial charge >= 0.3 is 6.09 Å². The molecule has 136 valence electrons. The molecule has 0 saturated heterocycles. The lowest BCUT2D eigenvalue weighted by atomic mass is 10.1. The predicted molar refractivity (Wildman–Crippen MR) is 96.7 cm³/mol. The maximum atomic E-state index is 12.0. The molecule has 2 N–H and O–H groups in total. The van der Waals surface area contributed by atoms with Crippen LogP contribution in [0.4, 0.5) is 4.79 Å². The van der Waals surface area contributed by atoms with E-state index in [2.05, 4.69) is 24.5 Å². The molecule has 1 fully saturated rings. The summed E-state index contributed by atoms with van der Waals surface area (Å²) >= 11 is 0. The molecule has 0 spiro atoms. The minimum atomic E-state index is -0.433. The van der Waals surface area contributed by atoms with E-state index >= 15 is 0 Å². The number of amides is 1. The van der Waals surface area contributed by atoms with Gasteiger partial charge < -0.3 is 15.4 Å². The lowest BCUT2D eigenvalue weighted by Gasteiger charge is -2.25. The second-order valence-electron chi connectivity index (χ2n) is 8.10. The number of rotatable bonds is 11. The molecule has 0 heterocycles. The zero-order chi connectivity index (χ0) is 17.3. The zero-order valence-electron chi connectivity index (χ0n) is 15.9. The van der Waals surface area contributed by atoms with Gasteiger partial charge in [-0.05, 0) is 52.9 Å². The van der Waals surface area contributed by atoms with E-state index in [0.717, 1.165) is 6.54 Å². The van der Waals surface area contributed by atoms with Crippen LogP contribution in [0.3, 0.4) is 0 Å². The Morgan fingerprint density at radius 1 is 1.17 bits per heavy atom. The normalized spacial score (nSPS) is 17.6. The molecular weight excluding hydrogens is 288 g/mol. The minimum Gasteiger partial charge on any atom is -0.444 e. The molecule has 4 heteroatoms. The lowest BCUT2D eigenvalue weighted by Crippen LogP contribution is -2.47. The topological polar surface area (TPSA) is 50.4 Å². The number of unbranched alkanes of at least 4 members (excludes halogenated alkanes) is 4. The summed E-state index contributed by atoms with van der Waals surface area (Å²) in [7, 11) is 0. The van der Waals surface area contributed by atoms with Gasteiger partial charge in [0.15, 0.2) is 0 Å². The Labute approximate surface area is 143 Å². The van der Waals surface area contributed by atoms with Gasteiger partial charge in [0.05, 0.1) is 0 Å². The highest BCUT2D eigenvalue weighted by Gasteiger charge is 2.33. The van der Waals surface area contributed by atoms with Crippen LogP contribution in [-0.2, 0) is 4.74 Å². The van der Waals surface area contributed by atoms with Gasteiger partial charge in [-0.25, -0.2) is 4.79 Å². The van der Waals surface area contributed by atoms with Crippen LogP contribution in [0.15, 0.2) is 0 Å². The third kappa shape index (κ3) is 10.6. The maximum absolute atomic E-state index is 12.0. The van der Waals surface area contributed by atoms with E-state index < -0.39 is 5.60 Å². The van der Waals surface area contributed by atoms with E-state index in [-0.39, 0.29) is 12.1 Å². The highest BCUT2D eigenvalue weighted by molar-refractivity contribution is 5.68. The van der Waals surface area contributed by atoms with Crippen molar-refractivity contribution in [3.63, 3.8) is 0 Å². The largest absolute Gasteiger partial charge is 0.444 e. The van der Waals surface area contributed by atoms with Crippen LogP contribution in [0.1, 0.15) is 86.0 Å². The van der Waals surface area contributed by atoms with Crippen LogP contribution in [0.25, 0.3) is 0 Å². The number of hydrogen-bond acceptors (Lipinski definition) is 3. The molecule has 0 aromatic rings. The average molecular weight is 327 g/mol. The molecule has 0 radical (unpaired) electrons. The smallest absolute Gasteiger partial charge is 0.407 e. The lowest BCUT2D eigenvalue weighted by molar-refractivity contribution is 0.0496. The van der Waals surface area contributed by atoms with E-state index in [9.17, 15) is 4.79 Å². The fraction of sp³-hybridized carbons (Fsp3) is 0.947. The van der Waals surface area contributed by atoms with Gasteiger partial charge in [-0.1, -0.05) is 39.0 Å². The number of carbonyl (C=O) groups excluding carboxylic acids is 1. The summed E-state index contributed by atoms with van der Waals surface area (Å²) in [5, 5.41) is 6.64. The number of ether oxygens (including phenoxy) is 1. The van der Waals surface area contributed by atoms with Gasteiger partial charge in [0.2, 0.25) is 0 Å². The van der Waals surface area contributed by atoms with Crippen LogP contribution in [-0.4, -0.2) is 30.3 Å². The summed E-state index contributed by atoms with van der Waals surface area (Å²) in [6.07, 6.45) is 9.99. The minimum absolute atomic E-state index is 0.201. The Morgan fingerprint density at radius 2 is 1.83 bits per heavy atom. The molecule has 2 atom stereocenters. The highest BCUT2D eigenvalue weighted by atomic mass is 16.6. The first-order chi connectivity index (χ1) is 10.8. The summed E-state index contributed by atoms with van der Waals surface area (Å²) in [6, 6.07) is 0.714. The summed E-state index contributed by atoms with van der Waals surface area (Å²) in [5.41, 5.74) is -0.433. The maximum Gasteiger partial charge on any atom is 0.407 e. The molecule has 1 aliphatic carbocycles. The molecule has 1 aliphatic rings. The summed E-state index contributed by atoms with van der Waals surface area (Å²) in [5.74, 6) is 0.617. The van der Waals surface area contributed by atoms with Crippen molar-refractivity contribution in [3.8, 4) is 0 Å². The number of carbonyl (C=O) groups is 1. The molecule has 1 amide bonds. The summed E-state index contributed by atoms with van der Waals surface area (Å²) < 4.78 is 5.38. The first-order valence-electron chi connectivity index (χ1n) is 9.54. The average Bonchev–Trinajstić information content (AvgIpc) is 3.25. The second kappa shape index (κ2) is 10.2. The Hall–Kier alpha value is -0.770. The Bertz CT molecular complexity index is 335. The number of hydrogen-bond donors (Lipinski definition) is 2. The van der Waals surface area contributed by atoms with Gasteiger partial charge in [-0.3, -0.25) is 0 Å². The second-order valence-corrected chi connectivity index (χ2v) is 8.10. The Morgan fingerprint density at radius 3 is 2.39 bits per heavy atom. The van der Waals surface area contributed by atoms with Gasteiger partial charge in [0.25, 0.3) is 0 Å². The van der Waals surface area contributed by atoms with Gasteiger partial charge in [-0.15, -0.1) is 0 Å². The molecule has 23 heavy (non-hydrogen) atoms. The van der Waals surface area contributed by atoms with E-state index in [4.69, 9.17) is 4.74 Å². The quantitative estimate of drug-likeness (QED) is 0.544. The monoisotopic (exact) mass is 326 g/mol. The molecule has 2 unspecified atom stereocenters. The van der Waals surface area contributed by atoms with Crippen LogP contribution in [0.5, 0.6) is 0 Å². The Balaban J connectivity index is 2.21. The van der Waals surface area contributed by atoms with Gasteiger partial charge in [-0.2, -0.15) is 0 Å². The van der Waals surface area contributed by atoms with E-state index in [1.54, 1.807) is 0 Å². The van der Waals surface area contributed by atoms with Crippen LogP contribution >= 0.6 is 0 Å². The van der Waals surface area contributed by atoms with Crippen molar-refractivity contribution in [1.82, 2.24) is 10.6 Å². The van der Waals surface area contributed by atoms with Gasteiger partial charge in [0, 0.05) is 18.6 Å². The van der Waals surface area contributed by atoms with Crippen molar-refractivity contribution < 1.29 is 9.53 Å². The fourth-order valence-electron chi connectivity index (χ4n) is 2.78. The molecule has 0 aliphatic heterocycles. The first-order valence-corrected chi connectivity index (χ1v) is 9.54. The number of nitrogens with one attached hydrogen (secondary N) is 2. The van der Waals surface area contributed by atoms with Crippen molar-refractivity contribution in [2.45, 2.75) is 104 Å². The molecule has 0 bridgehead atoms. The van der Waals surface area contributed by atoms with Crippen molar-refractivity contribution in [2.75, 3.05) is 6.54 Å². The van der Waals surface area contributed by atoms with Crippen molar-refractivity contribution >= 4 is 6.09 Å². The van der Waals surface area contributed by atoms with Crippen molar-refractivity contribution in [1.29, 1.82) is 0 Å². The molecule has 0 aromatic heterocycles. The van der Waals surface area contributed by atoms with Crippen molar-refractivity contribution in [2.24, 2.45) is 5.92 Å². The third-order valence-corrected chi connectivity index (χ3v) is 4.32. The molecule has 0 aromatic carbocycles. The standard InChI is InChI=1S/C19H38N2O2/c1-6-7-8-9-10-11-15(2)20-14-17(16-12-13-16)21-18(22)23-19(3,4)5/h15-17,20H,6-14H2,1-5H3,(H,21,22). The van der Waals surface area contributed by atoms with E-state index in [1.165, 1.54) is 51.4 Å². The SMILES string of the molecule is CCCCCCCC(C)NCC(NC(=O)OC(C)(C)C)C1CC1. The van der Waals surface area contributed by atoms with Crippen LogP contribution < -0.4 is 10.6 Å². The van der Waals surface area contributed by atoms with Gasteiger partial charge in [0.1, 0.15) is 5.60 Å². The summed E-state index contributed by atoms with van der Waals surface area (Å²) in [4.78, 5) is 12.0. The first kappa shape index (κ1) is 20.3. The fourth-order valence-corrected chi connectivity index (χ4v) is 2.78. The molecule has 1 rings (SSSR count).